The minimum Gasteiger partial charge on any atom is -0.465 e. The number of carbonyl (C=O) groups excluding carboxylic acids is 3. The Balaban J connectivity index is 2.08. The zero-order valence-corrected chi connectivity index (χ0v) is 10.5. The second kappa shape index (κ2) is 4.33. The van der Waals surface area contributed by atoms with Crippen molar-refractivity contribution in [3.05, 3.63) is 0 Å². The maximum atomic E-state index is 11.9. The standard InChI is InChI=1S/C11H15NO6/c1-4-16-6(13)5-12-9(14)7-8(10(12)15)18-11(2,3)17-7/h7-8H,4-5H2,1-3H3. The van der Waals surface area contributed by atoms with E-state index in [1.165, 1.54) is 0 Å². The molecule has 2 atom stereocenters. The first-order valence-electron chi connectivity index (χ1n) is 5.72. The van der Waals surface area contributed by atoms with Gasteiger partial charge < -0.3 is 14.2 Å². The summed E-state index contributed by atoms with van der Waals surface area (Å²) in [5.41, 5.74) is 0. The summed E-state index contributed by atoms with van der Waals surface area (Å²) >= 11 is 0. The molecule has 0 radical (unpaired) electrons. The van der Waals surface area contributed by atoms with Crippen molar-refractivity contribution in [3.63, 3.8) is 0 Å². The third kappa shape index (κ3) is 2.11. The number of nitrogens with zero attached hydrogens (tertiary/aromatic N) is 1. The minimum atomic E-state index is -0.962. The highest BCUT2D eigenvalue weighted by Gasteiger charge is 2.58. The van der Waals surface area contributed by atoms with Crippen molar-refractivity contribution in [1.29, 1.82) is 0 Å². The molecule has 2 aliphatic rings. The van der Waals surface area contributed by atoms with Crippen molar-refractivity contribution in [3.8, 4) is 0 Å². The molecule has 0 spiro atoms. The zero-order valence-electron chi connectivity index (χ0n) is 10.5. The van der Waals surface area contributed by atoms with Crippen LogP contribution in [-0.4, -0.2) is 53.8 Å². The molecule has 2 saturated heterocycles. The summed E-state index contributed by atoms with van der Waals surface area (Å²) in [5.74, 6) is -2.69. The van der Waals surface area contributed by atoms with E-state index in [9.17, 15) is 14.4 Å². The minimum absolute atomic E-state index is 0.196. The van der Waals surface area contributed by atoms with Crippen LogP contribution in [0.5, 0.6) is 0 Å². The molecule has 2 heterocycles. The number of likely N-dealkylation sites (tertiary alicyclic amines) is 1. The van der Waals surface area contributed by atoms with Crippen LogP contribution in [0.3, 0.4) is 0 Å². The van der Waals surface area contributed by atoms with Crippen LogP contribution in [0.1, 0.15) is 20.8 Å². The average molecular weight is 257 g/mol. The van der Waals surface area contributed by atoms with Crippen LogP contribution in [-0.2, 0) is 28.6 Å². The van der Waals surface area contributed by atoms with Gasteiger partial charge in [-0.05, 0) is 20.8 Å². The van der Waals surface area contributed by atoms with Gasteiger partial charge >= 0.3 is 5.97 Å². The fourth-order valence-electron chi connectivity index (χ4n) is 2.03. The van der Waals surface area contributed by atoms with Crippen molar-refractivity contribution in [2.24, 2.45) is 0 Å². The van der Waals surface area contributed by atoms with Crippen LogP contribution < -0.4 is 0 Å². The van der Waals surface area contributed by atoms with Gasteiger partial charge in [0.1, 0.15) is 6.54 Å². The van der Waals surface area contributed by atoms with Crippen LogP contribution in [0.15, 0.2) is 0 Å². The highest BCUT2D eigenvalue weighted by molar-refractivity contribution is 6.10. The Hall–Kier alpha value is -1.47. The molecule has 0 aromatic rings. The largest absolute Gasteiger partial charge is 0.465 e. The van der Waals surface area contributed by atoms with Gasteiger partial charge in [-0.25, -0.2) is 0 Å². The summed E-state index contributed by atoms with van der Waals surface area (Å²) in [4.78, 5) is 35.9. The Bertz CT molecular complexity index is 378. The van der Waals surface area contributed by atoms with Gasteiger partial charge in [0.2, 0.25) is 0 Å². The molecule has 2 fully saturated rings. The van der Waals surface area contributed by atoms with Crippen LogP contribution >= 0.6 is 0 Å². The molecule has 2 aliphatic heterocycles. The van der Waals surface area contributed by atoms with E-state index in [2.05, 4.69) is 0 Å². The molecule has 100 valence electrons. The average Bonchev–Trinajstić information content (AvgIpc) is 2.69. The van der Waals surface area contributed by atoms with Gasteiger partial charge in [-0.3, -0.25) is 19.3 Å². The molecule has 0 N–H and O–H groups in total. The van der Waals surface area contributed by atoms with E-state index < -0.39 is 42.3 Å². The van der Waals surface area contributed by atoms with E-state index in [1.54, 1.807) is 20.8 Å². The molecule has 0 aromatic heterocycles. The predicted octanol–water partition coefficient (Wildman–Crippen LogP) is -0.562. The first-order chi connectivity index (χ1) is 8.35. The van der Waals surface area contributed by atoms with Gasteiger partial charge in [-0.15, -0.1) is 0 Å². The van der Waals surface area contributed by atoms with Gasteiger partial charge in [0.15, 0.2) is 18.0 Å². The monoisotopic (exact) mass is 257 g/mol. The van der Waals surface area contributed by atoms with Gasteiger partial charge in [0.25, 0.3) is 11.8 Å². The maximum absolute atomic E-state index is 11.9. The van der Waals surface area contributed by atoms with E-state index in [-0.39, 0.29) is 6.61 Å². The number of carbonyl (C=O) groups is 3. The van der Waals surface area contributed by atoms with Crippen LogP contribution in [0.25, 0.3) is 0 Å². The highest BCUT2D eigenvalue weighted by atomic mass is 16.8. The third-order valence-electron chi connectivity index (χ3n) is 2.71. The second-order valence-corrected chi connectivity index (χ2v) is 4.54. The molecule has 0 aliphatic carbocycles. The Morgan fingerprint density at radius 1 is 1.28 bits per heavy atom. The van der Waals surface area contributed by atoms with Crippen molar-refractivity contribution in [2.45, 2.75) is 38.8 Å². The summed E-state index contributed by atoms with van der Waals surface area (Å²) in [6.45, 7) is 4.70. The summed E-state index contributed by atoms with van der Waals surface area (Å²) in [6, 6.07) is 0. The highest BCUT2D eigenvalue weighted by Crippen LogP contribution is 2.34. The number of rotatable bonds is 3. The lowest BCUT2D eigenvalue weighted by atomic mass is 10.2. The van der Waals surface area contributed by atoms with E-state index in [1.807, 2.05) is 0 Å². The summed E-state index contributed by atoms with van der Waals surface area (Å²) in [5, 5.41) is 0. The Morgan fingerprint density at radius 2 is 1.78 bits per heavy atom. The Kier molecular flexibility index (Phi) is 3.12. The lowest BCUT2D eigenvalue weighted by Gasteiger charge is -2.21. The van der Waals surface area contributed by atoms with Gasteiger partial charge in [-0.2, -0.15) is 0 Å². The zero-order chi connectivity index (χ0) is 13.5. The number of imide groups is 1. The van der Waals surface area contributed by atoms with Crippen LogP contribution in [0, 0.1) is 0 Å². The summed E-state index contributed by atoms with van der Waals surface area (Å²) in [7, 11) is 0. The van der Waals surface area contributed by atoms with Gasteiger partial charge in [0.05, 0.1) is 6.61 Å². The SMILES string of the molecule is CCOC(=O)CN1C(=O)C2OC(C)(C)OC2C1=O. The molecule has 0 aromatic carbocycles. The molecule has 7 nitrogen and oxygen atoms in total. The first-order valence-corrected chi connectivity index (χ1v) is 5.72. The Labute approximate surface area is 104 Å². The van der Waals surface area contributed by atoms with Crippen molar-refractivity contribution < 1.29 is 28.6 Å². The normalized spacial score (nSPS) is 29.6. The number of amides is 2. The molecule has 18 heavy (non-hydrogen) atoms. The summed E-state index contributed by atoms with van der Waals surface area (Å²) in [6.07, 6.45) is -1.91. The smallest absolute Gasteiger partial charge is 0.326 e. The molecular formula is C11H15NO6. The van der Waals surface area contributed by atoms with E-state index in [4.69, 9.17) is 14.2 Å². The fraction of sp³-hybridized carbons (Fsp3) is 0.727. The van der Waals surface area contributed by atoms with E-state index in [0.29, 0.717) is 0 Å². The molecular weight excluding hydrogens is 242 g/mol. The molecule has 2 amide bonds. The summed E-state index contributed by atoms with van der Waals surface area (Å²) < 4.78 is 15.4. The molecule has 0 bridgehead atoms. The van der Waals surface area contributed by atoms with Gasteiger partial charge in [0, 0.05) is 0 Å². The quantitative estimate of drug-likeness (QED) is 0.498. The molecule has 2 unspecified atom stereocenters. The first kappa shape index (κ1) is 13.0. The lowest BCUT2D eigenvalue weighted by Crippen LogP contribution is -2.40. The number of fused-ring (bicyclic) bond motifs is 1. The van der Waals surface area contributed by atoms with Crippen molar-refractivity contribution >= 4 is 17.8 Å². The van der Waals surface area contributed by atoms with Gasteiger partial charge in [-0.1, -0.05) is 0 Å². The third-order valence-corrected chi connectivity index (χ3v) is 2.71. The number of hydrogen-bond acceptors (Lipinski definition) is 6. The lowest BCUT2D eigenvalue weighted by molar-refractivity contribution is -0.177. The molecule has 2 rings (SSSR count). The number of esters is 1. The predicted molar refractivity (Wildman–Crippen MR) is 57.2 cm³/mol. The van der Waals surface area contributed by atoms with Crippen molar-refractivity contribution in [2.75, 3.05) is 13.2 Å². The molecule has 0 saturated carbocycles. The number of hydrogen-bond donors (Lipinski definition) is 0. The molecule has 7 heteroatoms. The number of ether oxygens (including phenoxy) is 3. The Morgan fingerprint density at radius 3 is 2.22 bits per heavy atom. The van der Waals surface area contributed by atoms with E-state index >= 15 is 0 Å². The maximum Gasteiger partial charge on any atom is 0.326 e. The topological polar surface area (TPSA) is 82.1 Å². The van der Waals surface area contributed by atoms with Crippen molar-refractivity contribution in [1.82, 2.24) is 4.90 Å². The van der Waals surface area contributed by atoms with E-state index in [0.717, 1.165) is 4.90 Å². The fourth-order valence-corrected chi connectivity index (χ4v) is 2.03. The van der Waals surface area contributed by atoms with Crippen LogP contribution in [0.4, 0.5) is 0 Å². The van der Waals surface area contributed by atoms with Crippen LogP contribution in [0.2, 0.25) is 0 Å². The second-order valence-electron chi connectivity index (χ2n) is 4.54.